The number of ether oxygens (including phenoxy) is 1. The van der Waals surface area contributed by atoms with Gasteiger partial charge in [-0.05, 0) is 36.4 Å². The highest BCUT2D eigenvalue weighted by Crippen LogP contribution is 2.31. The van der Waals surface area contributed by atoms with Crippen LogP contribution in [0.1, 0.15) is 0 Å². The summed E-state index contributed by atoms with van der Waals surface area (Å²) < 4.78 is 5.47. The Balaban J connectivity index is 1.57. The second-order valence-electron chi connectivity index (χ2n) is 6.70. The summed E-state index contributed by atoms with van der Waals surface area (Å²) in [5.74, 6) is 0. The van der Waals surface area contributed by atoms with Crippen molar-refractivity contribution in [1.29, 1.82) is 0 Å². The fourth-order valence-corrected chi connectivity index (χ4v) is 3.60. The van der Waals surface area contributed by atoms with Gasteiger partial charge in [-0.3, -0.25) is 10.1 Å². The zero-order chi connectivity index (χ0) is 18.1. The molecule has 0 radical (unpaired) electrons. The summed E-state index contributed by atoms with van der Waals surface area (Å²) in [6, 6.07) is 20.9. The first-order valence-corrected chi connectivity index (χ1v) is 9.21. The van der Waals surface area contributed by atoms with E-state index < -0.39 is 0 Å². The Bertz CT molecular complexity index is 1070. The first-order valence-electron chi connectivity index (χ1n) is 9.21. The maximum absolute atomic E-state index is 5.47. The molecule has 4 aromatic rings. The van der Waals surface area contributed by atoms with E-state index in [4.69, 9.17) is 4.74 Å². The summed E-state index contributed by atoms with van der Waals surface area (Å²) >= 11 is 0. The molecule has 0 unspecified atom stereocenters. The van der Waals surface area contributed by atoms with E-state index in [2.05, 4.69) is 62.5 Å². The van der Waals surface area contributed by atoms with Crippen molar-refractivity contribution in [1.82, 2.24) is 15.2 Å². The Hall–Kier alpha value is -3.18. The number of H-pyrrole nitrogens is 1. The minimum Gasteiger partial charge on any atom is -0.378 e. The van der Waals surface area contributed by atoms with E-state index in [9.17, 15) is 0 Å². The Morgan fingerprint density at radius 3 is 2.67 bits per heavy atom. The summed E-state index contributed by atoms with van der Waals surface area (Å²) in [6.45, 7) is 3.41. The van der Waals surface area contributed by atoms with Crippen molar-refractivity contribution >= 4 is 16.6 Å². The van der Waals surface area contributed by atoms with E-state index in [1.807, 2.05) is 24.4 Å². The molecule has 1 N–H and O–H groups in total. The van der Waals surface area contributed by atoms with Gasteiger partial charge in [-0.2, -0.15) is 5.10 Å². The van der Waals surface area contributed by atoms with Crippen molar-refractivity contribution in [2.24, 2.45) is 0 Å². The summed E-state index contributed by atoms with van der Waals surface area (Å²) in [7, 11) is 0. The molecule has 27 heavy (non-hydrogen) atoms. The molecule has 0 saturated carbocycles. The summed E-state index contributed by atoms with van der Waals surface area (Å²) in [4.78, 5) is 6.83. The average Bonchev–Trinajstić information content (AvgIpc) is 3.18. The SMILES string of the molecule is c1ccc(-c2ccc3[nH]nc(-c4cccc(N5CCOCC5)c4)c3c2)nc1. The molecule has 2 aromatic heterocycles. The highest BCUT2D eigenvalue weighted by Gasteiger charge is 2.14. The Labute approximate surface area is 157 Å². The summed E-state index contributed by atoms with van der Waals surface area (Å²) in [5, 5.41) is 8.87. The molecule has 1 aliphatic heterocycles. The smallest absolute Gasteiger partial charge is 0.1000 e. The van der Waals surface area contributed by atoms with E-state index in [1.165, 1.54) is 5.69 Å². The normalized spacial score (nSPS) is 14.6. The highest BCUT2D eigenvalue weighted by molar-refractivity contribution is 5.95. The lowest BCUT2D eigenvalue weighted by molar-refractivity contribution is 0.122. The molecule has 0 atom stereocenters. The number of fused-ring (bicyclic) bond motifs is 1. The molecule has 5 nitrogen and oxygen atoms in total. The molecule has 0 bridgehead atoms. The van der Waals surface area contributed by atoms with Crippen LogP contribution in [0.3, 0.4) is 0 Å². The van der Waals surface area contributed by atoms with Crippen molar-refractivity contribution in [3.8, 4) is 22.5 Å². The Kier molecular flexibility index (Phi) is 4.07. The average molecular weight is 356 g/mol. The van der Waals surface area contributed by atoms with Gasteiger partial charge >= 0.3 is 0 Å². The van der Waals surface area contributed by atoms with Gasteiger partial charge in [0.1, 0.15) is 0 Å². The number of nitrogens with zero attached hydrogens (tertiary/aromatic N) is 3. The maximum atomic E-state index is 5.47. The first kappa shape index (κ1) is 16.0. The zero-order valence-corrected chi connectivity index (χ0v) is 14.9. The van der Waals surface area contributed by atoms with E-state index in [-0.39, 0.29) is 0 Å². The minimum absolute atomic E-state index is 0.781. The summed E-state index contributed by atoms with van der Waals surface area (Å²) in [5.41, 5.74) is 6.39. The van der Waals surface area contributed by atoms with Crippen LogP contribution in [0.4, 0.5) is 5.69 Å². The van der Waals surface area contributed by atoms with Crippen LogP contribution in [-0.4, -0.2) is 41.5 Å². The first-order chi connectivity index (χ1) is 13.4. The van der Waals surface area contributed by atoms with Gasteiger partial charge in [0.25, 0.3) is 0 Å². The van der Waals surface area contributed by atoms with Gasteiger partial charge in [-0.25, -0.2) is 0 Å². The lowest BCUT2D eigenvalue weighted by Gasteiger charge is -2.29. The van der Waals surface area contributed by atoms with Crippen molar-refractivity contribution < 1.29 is 4.74 Å². The molecule has 1 fully saturated rings. The van der Waals surface area contributed by atoms with E-state index >= 15 is 0 Å². The van der Waals surface area contributed by atoms with Gasteiger partial charge in [0, 0.05) is 41.5 Å². The van der Waals surface area contributed by atoms with Gasteiger partial charge in [0.15, 0.2) is 0 Å². The third-order valence-corrected chi connectivity index (χ3v) is 5.02. The number of anilines is 1. The van der Waals surface area contributed by atoms with Gasteiger partial charge in [-0.1, -0.05) is 24.3 Å². The molecule has 2 aromatic carbocycles. The van der Waals surface area contributed by atoms with Crippen LogP contribution in [0.15, 0.2) is 66.9 Å². The third-order valence-electron chi connectivity index (χ3n) is 5.02. The second kappa shape index (κ2) is 6.85. The number of nitrogens with one attached hydrogen (secondary N) is 1. The lowest BCUT2D eigenvalue weighted by Crippen LogP contribution is -2.36. The standard InChI is InChI=1S/C22H20N4O/c1-2-9-23-20(6-1)16-7-8-21-19(15-16)22(25-24-21)17-4-3-5-18(14-17)26-10-12-27-13-11-26/h1-9,14-15H,10-13H2,(H,24,25). The lowest BCUT2D eigenvalue weighted by atomic mass is 10.0. The third kappa shape index (κ3) is 3.06. The molecule has 0 aliphatic carbocycles. The number of morpholine rings is 1. The van der Waals surface area contributed by atoms with Crippen LogP contribution >= 0.6 is 0 Å². The molecular weight excluding hydrogens is 336 g/mol. The van der Waals surface area contributed by atoms with E-state index in [0.29, 0.717) is 0 Å². The monoisotopic (exact) mass is 356 g/mol. The number of aromatic nitrogens is 3. The summed E-state index contributed by atoms with van der Waals surface area (Å²) in [6.07, 6.45) is 1.82. The van der Waals surface area contributed by atoms with E-state index in [1.54, 1.807) is 0 Å². The van der Waals surface area contributed by atoms with Crippen molar-refractivity contribution in [3.05, 3.63) is 66.9 Å². The molecule has 1 saturated heterocycles. The van der Waals surface area contributed by atoms with Gasteiger partial charge in [0.05, 0.1) is 30.1 Å². The van der Waals surface area contributed by atoms with Crippen molar-refractivity contribution in [2.75, 3.05) is 31.2 Å². The fourth-order valence-electron chi connectivity index (χ4n) is 3.60. The van der Waals surface area contributed by atoms with Crippen LogP contribution in [0.25, 0.3) is 33.4 Å². The van der Waals surface area contributed by atoms with Gasteiger partial charge < -0.3 is 9.64 Å². The number of rotatable bonds is 3. The predicted molar refractivity (Wildman–Crippen MR) is 108 cm³/mol. The number of benzene rings is 2. The molecule has 134 valence electrons. The number of pyridine rings is 1. The van der Waals surface area contributed by atoms with Crippen LogP contribution in [-0.2, 0) is 4.74 Å². The van der Waals surface area contributed by atoms with Crippen LogP contribution in [0, 0.1) is 0 Å². The molecule has 5 rings (SSSR count). The molecule has 0 spiro atoms. The van der Waals surface area contributed by atoms with Gasteiger partial charge in [-0.15, -0.1) is 0 Å². The number of hydrogen-bond acceptors (Lipinski definition) is 4. The van der Waals surface area contributed by atoms with Crippen LogP contribution in [0.2, 0.25) is 0 Å². The van der Waals surface area contributed by atoms with Gasteiger partial charge in [0.2, 0.25) is 0 Å². The van der Waals surface area contributed by atoms with Crippen molar-refractivity contribution in [2.45, 2.75) is 0 Å². The second-order valence-corrected chi connectivity index (χ2v) is 6.70. The van der Waals surface area contributed by atoms with Crippen LogP contribution in [0.5, 0.6) is 0 Å². The number of hydrogen-bond donors (Lipinski definition) is 1. The predicted octanol–water partition coefficient (Wildman–Crippen LogP) is 4.13. The Morgan fingerprint density at radius 2 is 1.81 bits per heavy atom. The molecule has 1 aliphatic rings. The molecule has 5 heteroatoms. The maximum Gasteiger partial charge on any atom is 0.1000 e. The fraction of sp³-hybridized carbons (Fsp3) is 0.182. The van der Waals surface area contributed by atoms with Crippen LogP contribution < -0.4 is 4.90 Å². The molecular formula is C22H20N4O. The quantitative estimate of drug-likeness (QED) is 0.600. The Morgan fingerprint density at radius 1 is 0.889 bits per heavy atom. The van der Waals surface area contributed by atoms with E-state index in [0.717, 1.165) is 59.7 Å². The number of aromatic amines is 1. The largest absolute Gasteiger partial charge is 0.378 e. The molecule has 0 amide bonds. The van der Waals surface area contributed by atoms with Crippen molar-refractivity contribution in [3.63, 3.8) is 0 Å². The highest BCUT2D eigenvalue weighted by atomic mass is 16.5. The topological polar surface area (TPSA) is 54.0 Å². The minimum atomic E-state index is 0.781. The molecule has 3 heterocycles. The zero-order valence-electron chi connectivity index (χ0n) is 14.9.